The quantitative estimate of drug-likeness (QED) is 0.456. The van der Waals surface area contributed by atoms with Crippen LogP contribution < -0.4 is 5.32 Å². The molecule has 2 aromatic heterocycles. The highest BCUT2D eigenvalue weighted by atomic mass is 35.5. The van der Waals surface area contributed by atoms with Gasteiger partial charge in [-0.2, -0.15) is 0 Å². The maximum absolute atomic E-state index is 12.7. The molecule has 0 aliphatic carbocycles. The molecule has 0 aliphatic heterocycles. The number of rotatable bonds is 6. The van der Waals surface area contributed by atoms with E-state index in [-0.39, 0.29) is 10.8 Å². The molecule has 3 rings (SSSR count). The molecule has 1 aromatic carbocycles. The van der Waals surface area contributed by atoms with Gasteiger partial charge >= 0.3 is 0 Å². The number of pyridine rings is 2. The number of hydrogen-bond acceptors (Lipinski definition) is 5. The maximum atomic E-state index is 12.7. The molecule has 29 heavy (non-hydrogen) atoms. The highest BCUT2D eigenvalue weighted by molar-refractivity contribution is 6.43. The van der Waals surface area contributed by atoms with Gasteiger partial charge in [0.05, 0.1) is 5.02 Å². The molecule has 1 amide bonds. The number of amides is 1. The number of benzene rings is 1. The molecule has 0 bridgehead atoms. The predicted molar refractivity (Wildman–Crippen MR) is 112 cm³/mol. The van der Waals surface area contributed by atoms with Crippen molar-refractivity contribution in [1.29, 1.82) is 0 Å². The van der Waals surface area contributed by atoms with Crippen LogP contribution in [0.3, 0.4) is 0 Å². The van der Waals surface area contributed by atoms with Crippen molar-refractivity contribution < 1.29 is 14.3 Å². The Morgan fingerprint density at radius 2 is 1.72 bits per heavy atom. The van der Waals surface area contributed by atoms with Crippen molar-refractivity contribution in [3.63, 3.8) is 0 Å². The number of aromatic nitrogens is 2. The molecular formula is C21H19Cl2N3O3. The minimum atomic E-state index is -1.53. The van der Waals surface area contributed by atoms with Crippen LogP contribution in [0.2, 0.25) is 10.2 Å². The minimum Gasteiger partial charge on any atom is -0.332 e. The third kappa shape index (κ3) is 4.11. The SMILES string of the molecule is COC(NC(=O)c1ccccn1)(OC)c1cccc(-c2ccnc(Cl)c2Cl)c1C. The van der Waals surface area contributed by atoms with E-state index in [1.807, 2.05) is 19.1 Å². The van der Waals surface area contributed by atoms with Crippen molar-refractivity contribution in [2.24, 2.45) is 0 Å². The zero-order valence-electron chi connectivity index (χ0n) is 16.1. The Labute approximate surface area is 178 Å². The van der Waals surface area contributed by atoms with Crippen molar-refractivity contribution in [3.05, 3.63) is 81.9 Å². The zero-order chi connectivity index (χ0) is 21.0. The van der Waals surface area contributed by atoms with Gasteiger partial charge < -0.3 is 9.47 Å². The number of halogens is 2. The molecule has 0 radical (unpaired) electrons. The second kappa shape index (κ2) is 8.88. The van der Waals surface area contributed by atoms with Crippen LogP contribution in [0.4, 0.5) is 0 Å². The molecule has 0 atom stereocenters. The molecule has 8 heteroatoms. The Hall–Kier alpha value is -2.51. The van der Waals surface area contributed by atoms with E-state index in [1.165, 1.54) is 20.4 Å². The van der Waals surface area contributed by atoms with E-state index in [4.69, 9.17) is 32.7 Å². The van der Waals surface area contributed by atoms with Gasteiger partial charge in [0.2, 0.25) is 0 Å². The largest absolute Gasteiger partial charge is 0.332 e. The molecule has 0 fully saturated rings. The van der Waals surface area contributed by atoms with Gasteiger partial charge in [0, 0.05) is 37.7 Å². The summed E-state index contributed by atoms with van der Waals surface area (Å²) in [5.41, 5.74) is 3.16. The van der Waals surface area contributed by atoms with E-state index in [0.29, 0.717) is 16.1 Å². The minimum absolute atomic E-state index is 0.210. The lowest BCUT2D eigenvalue weighted by Crippen LogP contribution is -2.49. The molecule has 2 heterocycles. The molecule has 1 N–H and O–H groups in total. The topological polar surface area (TPSA) is 73.3 Å². The monoisotopic (exact) mass is 431 g/mol. The number of hydrogen-bond donors (Lipinski definition) is 1. The van der Waals surface area contributed by atoms with E-state index in [9.17, 15) is 4.79 Å². The molecule has 0 saturated carbocycles. The average Bonchev–Trinajstić information content (AvgIpc) is 2.75. The summed E-state index contributed by atoms with van der Waals surface area (Å²) in [6.07, 6.45) is 3.12. The van der Waals surface area contributed by atoms with Crippen molar-refractivity contribution >= 4 is 29.1 Å². The number of methoxy groups -OCH3 is 2. The lowest BCUT2D eigenvalue weighted by Gasteiger charge is -2.33. The summed E-state index contributed by atoms with van der Waals surface area (Å²) in [4.78, 5) is 20.8. The van der Waals surface area contributed by atoms with E-state index in [2.05, 4.69) is 15.3 Å². The molecule has 150 valence electrons. The van der Waals surface area contributed by atoms with Gasteiger partial charge in [0.1, 0.15) is 10.8 Å². The fourth-order valence-corrected chi connectivity index (χ4v) is 3.47. The van der Waals surface area contributed by atoms with Crippen molar-refractivity contribution in [3.8, 4) is 11.1 Å². The van der Waals surface area contributed by atoms with Crippen molar-refractivity contribution in [2.45, 2.75) is 12.8 Å². The van der Waals surface area contributed by atoms with E-state index in [0.717, 1.165) is 11.1 Å². The Balaban J connectivity index is 2.08. The van der Waals surface area contributed by atoms with Crippen LogP contribution in [0, 0.1) is 6.92 Å². The van der Waals surface area contributed by atoms with Crippen molar-refractivity contribution in [2.75, 3.05) is 14.2 Å². The zero-order valence-corrected chi connectivity index (χ0v) is 17.6. The van der Waals surface area contributed by atoms with Gasteiger partial charge in [0.15, 0.2) is 0 Å². The highest BCUT2D eigenvalue weighted by Crippen LogP contribution is 2.37. The van der Waals surface area contributed by atoms with Crippen LogP contribution in [0.25, 0.3) is 11.1 Å². The number of carbonyl (C=O) groups is 1. The first kappa shape index (κ1) is 21.2. The van der Waals surface area contributed by atoms with E-state index < -0.39 is 11.8 Å². The smallest absolute Gasteiger partial charge is 0.280 e. The van der Waals surface area contributed by atoms with Crippen molar-refractivity contribution in [1.82, 2.24) is 15.3 Å². The first-order valence-electron chi connectivity index (χ1n) is 8.68. The standard InChI is InChI=1S/C21H19Cl2N3O3/c1-13-14(15-10-12-25-19(23)18(15)22)7-6-8-16(13)21(28-2,29-3)26-20(27)17-9-4-5-11-24-17/h4-12H,1-3H3,(H,26,27). The Bertz CT molecular complexity index is 1020. The summed E-state index contributed by atoms with van der Waals surface area (Å²) >= 11 is 12.4. The lowest BCUT2D eigenvalue weighted by atomic mass is 9.95. The third-order valence-corrected chi connectivity index (χ3v) is 5.34. The number of ether oxygens (including phenoxy) is 2. The normalized spacial score (nSPS) is 11.3. The Morgan fingerprint density at radius 3 is 2.38 bits per heavy atom. The van der Waals surface area contributed by atoms with Gasteiger partial charge in [-0.15, -0.1) is 0 Å². The number of nitrogens with one attached hydrogen (secondary N) is 1. The Kier molecular flexibility index (Phi) is 6.49. The first-order valence-corrected chi connectivity index (χ1v) is 9.43. The van der Waals surface area contributed by atoms with Gasteiger partial charge in [-0.1, -0.05) is 47.5 Å². The van der Waals surface area contributed by atoms with Gasteiger partial charge in [-0.25, -0.2) is 4.98 Å². The van der Waals surface area contributed by atoms with Crippen LogP contribution >= 0.6 is 23.2 Å². The van der Waals surface area contributed by atoms with Crippen LogP contribution in [0.5, 0.6) is 0 Å². The van der Waals surface area contributed by atoms with E-state index >= 15 is 0 Å². The fraction of sp³-hybridized carbons (Fsp3) is 0.190. The summed E-state index contributed by atoms with van der Waals surface area (Å²) in [5.74, 6) is -1.97. The molecule has 0 unspecified atom stereocenters. The first-order chi connectivity index (χ1) is 13.9. The van der Waals surface area contributed by atoms with Crippen LogP contribution in [0.1, 0.15) is 21.6 Å². The summed E-state index contributed by atoms with van der Waals surface area (Å²) < 4.78 is 11.3. The molecule has 0 aliphatic rings. The third-order valence-electron chi connectivity index (χ3n) is 4.58. The summed E-state index contributed by atoms with van der Waals surface area (Å²) in [6, 6.07) is 12.4. The molecule has 0 spiro atoms. The average molecular weight is 432 g/mol. The van der Waals surface area contributed by atoms with Crippen LogP contribution in [0.15, 0.2) is 54.9 Å². The van der Waals surface area contributed by atoms with Gasteiger partial charge in [-0.05, 0) is 36.2 Å². The predicted octanol–water partition coefficient (Wildman–Crippen LogP) is 4.59. The number of nitrogens with zero attached hydrogens (tertiary/aromatic N) is 2. The lowest BCUT2D eigenvalue weighted by molar-refractivity contribution is -0.229. The summed E-state index contributed by atoms with van der Waals surface area (Å²) in [7, 11) is 2.90. The van der Waals surface area contributed by atoms with Gasteiger partial charge in [-0.3, -0.25) is 15.1 Å². The summed E-state index contributed by atoms with van der Waals surface area (Å²) in [6.45, 7) is 1.88. The summed E-state index contributed by atoms with van der Waals surface area (Å²) in [5, 5.41) is 3.34. The number of carbonyl (C=O) groups excluding carboxylic acids is 1. The maximum Gasteiger partial charge on any atom is 0.280 e. The Morgan fingerprint density at radius 1 is 0.966 bits per heavy atom. The molecule has 6 nitrogen and oxygen atoms in total. The second-order valence-corrected chi connectivity index (χ2v) is 6.87. The molecular weight excluding hydrogens is 413 g/mol. The van der Waals surface area contributed by atoms with Crippen LogP contribution in [-0.2, 0) is 15.4 Å². The molecule has 3 aromatic rings. The van der Waals surface area contributed by atoms with Gasteiger partial charge in [0.25, 0.3) is 11.8 Å². The fourth-order valence-electron chi connectivity index (χ4n) is 3.09. The van der Waals surface area contributed by atoms with E-state index in [1.54, 1.807) is 36.5 Å². The second-order valence-electron chi connectivity index (χ2n) is 6.14. The highest BCUT2D eigenvalue weighted by Gasteiger charge is 2.37. The molecule has 0 saturated heterocycles. The van der Waals surface area contributed by atoms with Crippen LogP contribution in [-0.4, -0.2) is 30.1 Å².